The van der Waals surface area contributed by atoms with Crippen molar-refractivity contribution < 1.29 is 13.5 Å². The summed E-state index contributed by atoms with van der Waals surface area (Å²) in [6.45, 7) is 5.84. The minimum atomic E-state index is -3.76. The number of hydrogen-bond donors (Lipinski definition) is 1. The molecule has 0 aliphatic carbocycles. The van der Waals surface area contributed by atoms with E-state index in [-0.39, 0.29) is 4.90 Å². The smallest absolute Gasteiger partial charge is 0.243 e. The number of piperidine rings is 1. The zero-order valence-corrected chi connectivity index (χ0v) is 15.6. The van der Waals surface area contributed by atoms with E-state index in [1.807, 2.05) is 37.3 Å². The summed E-state index contributed by atoms with van der Waals surface area (Å²) in [7, 11) is -3.76. The molecule has 3 rings (SSSR count). The Kier molecular flexibility index (Phi) is 5.17. The normalized spacial score (nSPS) is 24.0. The van der Waals surface area contributed by atoms with Crippen LogP contribution in [0.4, 0.5) is 0 Å². The van der Waals surface area contributed by atoms with Crippen molar-refractivity contribution in [3.63, 3.8) is 0 Å². The molecule has 1 aliphatic rings. The van der Waals surface area contributed by atoms with Crippen molar-refractivity contribution in [2.45, 2.75) is 36.3 Å². The second kappa shape index (κ2) is 7.22. The Morgan fingerprint density at radius 2 is 1.85 bits per heavy atom. The van der Waals surface area contributed by atoms with Crippen LogP contribution in [-0.2, 0) is 10.0 Å². The zero-order valence-electron chi connectivity index (χ0n) is 14.8. The molecule has 0 saturated carbocycles. The van der Waals surface area contributed by atoms with Gasteiger partial charge in [0.25, 0.3) is 0 Å². The van der Waals surface area contributed by atoms with Gasteiger partial charge in [-0.2, -0.15) is 4.31 Å². The van der Waals surface area contributed by atoms with Gasteiger partial charge in [-0.1, -0.05) is 54.6 Å². The molecule has 136 valence electrons. The van der Waals surface area contributed by atoms with E-state index in [9.17, 15) is 13.5 Å². The summed E-state index contributed by atoms with van der Waals surface area (Å²) >= 11 is 0. The Morgan fingerprint density at radius 1 is 1.19 bits per heavy atom. The molecule has 0 amide bonds. The van der Waals surface area contributed by atoms with Crippen LogP contribution in [0.15, 0.2) is 77.9 Å². The predicted octanol–water partition coefficient (Wildman–Crippen LogP) is 3.59. The molecule has 0 spiro atoms. The van der Waals surface area contributed by atoms with Gasteiger partial charge in [0.05, 0.1) is 10.9 Å². The largest absolute Gasteiger partial charge is 0.383 e. The highest BCUT2D eigenvalue weighted by Gasteiger charge is 2.47. The van der Waals surface area contributed by atoms with Crippen LogP contribution in [0.3, 0.4) is 0 Å². The molecule has 1 heterocycles. The first-order valence-electron chi connectivity index (χ1n) is 8.61. The van der Waals surface area contributed by atoms with E-state index in [0.717, 1.165) is 11.1 Å². The molecule has 2 unspecified atom stereocenters. The van der Waals surface area contributed by atoms with Crippen molar-refractivity contribution in [2.75, 3.05) is 6.54 Å². The van der Waals surface area contributed by atoms with Crippen LogP contribution in [0.25, 0.3) is 0 Å². The molecular weight excluding hydrogens is 346 g/mol. The van der Waals surface area contributed by atoms with Crippen molar-refractivity contribution in [2.24, 2.45) is 0 Å². The Bertz CT molecular complexity index is 915. The van der Waals surface area contributed by atoms with E-state index >= 15 is 0 Å². The first-order valence-corrected chi connectivity index (χ1v) is 10.1. The second-order valence-electron chi connectivity index (χ2n) is 6.69. The number of rotatable bonds is 4. The molecule has 0 bridgehead atoms. The van der Waals surface area contributed by atoms with Crippen LogP contribution < -0.4 is 0 Å². The Balaban J connectivity index is 2.14. The molecule has 0 aromatic heterocycles. The van der Waals surface area contributed by atoms with E-state index in [4.69, 9.17) is 0 Å². The summed E-state index contributed by atoms with van der Waals surface area (Å²) in [6.07, 6.45) is 2.50. The maximum Gasteiger partial charge on any atom is 0.243 e. The third-order valence-electron chi connectivity index (χ3n) is 4.81. The number of hydrogen-bond acceptors (Lipinski definition) is 3. The van der Waals surface area contributed by atoms with Crippen molar-refractivity contribution in [3.8, 4) is 0 Å². The number of aryl methyl sites for hydroxylation is 1. The van der Waals surface area contributed by atoms with E-state index in [0.29, 0.717) is 19.4 Å². The molecule has 1 aliphatic heterocycles. The van der Waals surface area contributed by atoms with Crippen LogP contribution in [0.5, 0.6) is 0 Å². The maximum atomic E-state index is 13.3. The van der Waals surface area contributed by atoms with E-state index < -0.39 is 21.7 Å². The fraction of sp³-hybridized carbons (Fsp3) is 0.286. The van der Waals surface area contributed by atoms with Crippen molar-refractivity contribution in [1.29, 1.82) is 0 Å². The van der Waals surface area contributed by atoms with E-state index in [1.54, 1.807) is 24.3 Å². The fourth-order valence-corrected chi connectivity index (χ4v) is 5.26. The van der Waals surface area contributed by atoms with Gasteiger partial charge in [0.15, 0.2) is 0 Å². The van der Waals surface area contributed by atoms with Gasteiger partial charge in [-0.15, -0.1) is 5.73 Å². The SMILES string of the molecule is C=C=CC1(O)CCCN(S(=O)(=O)c2ccc(C)cc2)C1c1ccccc1. The summed E-state index contributed by atoms with van der Waals surface area (Å²) < 4.78 is 28.1. The van der Waals surface area contributed by atoms with Gasteiger partial charge >= 0.3 is 0 Å². The average molecular weight is 369 g/mol. The quantitative estimate of drug-likeness (QED) is 0.838. The van der Waals surface area contributed by atoms with Crippen LogP contribution >= 0.6 is 0 Å². The van der Waals surface area contributed by atoms with Gasteiger partial charge in [0, 0.05) is 6.54 Å². The molecule has 26 heavy (non-hydrogen) atoms. The number of sulfonamides is 1. The van der Waals surface area contributed by atoms with Crippen molar-refractivity contribution >= 4 is 10.0 Å². The average Bonchev–Trinajstić information content (AvgIpc) is 2.62. The molecule has 1 fully saturated rings. The first-order chi connectivity index (χ1) is 12.4. The van der Waals surface area contributed by atoms with Gasteiger partial charge in [-0.3, -0.25) is 0 Å². The molecule has 2 atom stereocenters. The summed E-state index contributed by atoms with van der Waals surface area (Å²) in [6, 6.07) is 15.3. The Labute approximate surface area is 155 Å². The second-order valence-corrected chi connectivity index (χ2v) is 8.58. The van der Waals surface area contributed by atoms with Crippen LogP contribution in [0.1, 0.15) is 30.0 Å². The standard InChI is InChI=1S/C21H23NO3S/c1-3-14-21(23)15-7-16-22(20(21)18-8-5-4-6-9-18)26(24,25)19-12-10-17(2)11-13-19/h4-6,8-14,20,23H,1,7,15-16H2,2H3. The van der Waals surface area contributed by atoms with Crippen molar-refractivity contribution in [3.05, 3.63) is 84.1 Å². The maximum absolute atomic E-state index is 13.3. The minimum absolute atomic E-state index is 0.232. The monoisotopic (exact) mass is 369 g/mol. The van der Waals surface area contributed by atoms with Gasteiger partial charge in [0.2, 0.25) is 10.0 Å². The topological polar surface area (TPSA) is 57.6 Å². The molecular formula is C21H23NO3S. The van der Waals surface area contributed by atoms with Gasteiger partial charge in [-0.25, -0.2) is 8.42 Å². The molecule has 5 heteroatoms. The summed E-state index contributed by atoms with van der Waals surface area (Å²) in [5.74, 6) is 0. The number of nitrogens with zero attached hydrogens (tertiary/aromatic N) is 1. The lowest BCUT2D eigenvalue weighted by molar-refractivity contribution is -0.0155. The molecule has 4 nitrogen and oxygen atoms in total. The highest BCUT2D eigenvalue weighted by Crippen LogP contribution is 2.42. The highest BCUT2D eigenvalue weighted by molar-refractivity contribution is 7.89. The minimum Gasteiger partial charge on any atom is -0.383 e. The van der Waals surface area contributed by atoms with E-state index in [1.165, 1.54) is 10.4 Å². The molecule has 2 aromatic rings. The summed E-state index contributed by atoms with van der Waals surface area (Å²) in [5.41, 5.74) is 3.04. The van der Waals surface area contributed by atoms with Crippen LogP contribution in [0.2, 0.25) is 0 Å². The lowest BCUT2D eigenvalue weighted by Crippen LogP contribution is -2.51. The van der Waals surface area contributed by atoms with Gasteiger partial charge in [-0.05, 0) is 43.5 Å². The van der Waals surface area contributed by atoms with Crippen LogP contribution in [-0.4, -0.2) is 30.0 Å². The molecule has 1 N–H and O–H groups in total. The third kappa shape index (κ3) is 3.39. The highest BCUT2D eigenvalue weighted by atomic mass is 32.2. The molecule has 1 saturated heterocycles. The van der Waals surface area contributed by atoms with Crippen molar-refractivity contribution in [1.82, 2.24) is 4.31 Å². The van der Waals surface area contributed by atoms with Gasteiger partial charge in [0.1, 0.15) is 5.60 Å². The lowest BCUT2D eigenvalue weighted by Gasteiger charge is -2.44. The van der Waals surface area contributed by atoms with Gasteiger partial charge < -0.3 is 5.11 Å². The Morgan fingerprint density at radius 3 is 2.46 bits per heavy atom. The van der Waals surface area contributed by atoms with Crippen LogP contribution in [0, 0.1) is 6.92 Å². The zero-order chi connectivity index (χ0) is 18.8. The molecule has 2 aromatic carbocycles. The predicted molar refractivity (Wildman–Crippen MR) is 102 cm³/mol. The first kappa shape index (κ1) is 18.6. The number of benzene rings is 2. The Hall–Kier alpha value is -2.17. The summed E-state index contributed by atoms with van der Waals surface area (Å²) in [5, 5.41) is 11.2. The molecule has 0 radical (unpaired) electrons. The number of aliphatic hydroxyl groups is 1. The lowest BCUT2D eigenvalue weighted by atomic mass is 9.82. The fourth-order valence-electron chi connectivity index (χ4n) is 3.56. The van der Waals surface area contributed by atoms with E-state index in [2.05, 4.69) is 12.3 Å². The third-order valence-corrected chi connectivity index (χ3v) is 6.69. The summed E-state index contributed by atoms with van der Waals surface area (Å²) in [4.78, 5) is 0.232.